The van der Waals surface area contributed by atoms with Crippen LogP contribution in [0.15, 0.2) is 42.5 Å². The standard InChI is InChI=1S/C34H45FN8O3/c1-46-29-7-6-25(35)18-28(29)34(45)39-20-22-2-4-24(5-3-22)31-30(33(37)44)32(36)43(40-31)27-11-16-42(17-12-27)26-9-14-41(15-10-26)21-23-8-13-38-19-23/h2-7,18,23,26-27,38H,8-17,19-21,36H2,1H3,(H2,37,44)(H,39,45). The zero-order valence-corrected chi connectivity index (χ0v) is 26.5. The van der Waals surface area contributed by atoms with Gasteiger partial charge in [0.2, 0.25) is 0 Å². The minimum absolute atomic E-state index is 0.0901. The molecule has 246 valence electrons. The molecular weight excluding hydrogens is 587 g/mol. The fourth-order valence-corrected chi connectivity index (χ4v) is 7.28. The highest BCUT2D eigenvalue weighted by Gasteiger charge is 2.32. The van der Waals surface area contributed by atoms with Gasteiger partial charge in [0.05, 0.1) is 18.7 Å². The van der Waals surface area contributed by atoms with E-state index in [9.17, 15) is 14.0 Å². The van der Waals surface area contributed by atoms with Gasteiger partial charge in [0.1, 0.15) is 28.6 Å². The van der Waals surface area contributed by atoms with Gasteiger partial charge in [-0.1, -0.05) is 24.3 Å². The van der Waals surface area contributed by atoms with E-state index in [0.717, 1.165) is 56.6 Å². The minimum Gasteiger partial charge on any atom is -0.496 e. The van der Waals surface area contributed by atoms with E-state index in [1.165, 1.54) is 58.1 Å². The Bertz CT molecular complexity index is 1520. The molecule has 6 rings (SSSR count). The van der Waals surface area contributed by atoms with Crippen LogP contribution < -0.4 is 26.8 Å². The largest absolute Gasteiger partial charge is 0.496 e. The number of likely N-dealkylation sites (tertiary alicyclic amines) is 2. The van der Waals surface area contributed by atoms with Crippen LogP contribution in [-0.2, 0) is 6.54 Å². The minimum atomic E-state index is -0.614. The second-order valence-electron chi connectivity index (χ2n) is 12.8. The molecule has 1 aromatic heterocycles. The quantitative estimate of drug-likeness (QED) is 0.267. The summed E-state index contributed by atoms with van der Waals surface area (Å²) in [7, 11) is 1.43. The summed E-state index contributed by atoms with van der Waals surface area (Å²) in [6.45, 7) is 8.04. The molecule has 0 saturated carbocycles. The Morgan fingerprint density at radius 1 is 1.02 bits per heavy atom. The molecule has 12 heteroatoms. The third kappa shape index (κ3) is 7.03. The molecule has 3 aliphatic rings. The number of aromatic nitrogens is 2. The zero-order chi connectivity index (χ0) is 32.2. The second-order valence-corrected chi connectivity index (χ2v) is 12.8. The van der Waals surface area contributed by atoms with E-state index in [2.05, 4.69) is 20.4 Å². The van der Waals surface area contributed by atoms with Gasteiger partial charge < -0.3 is 36.6 Å². The van der Waals surface area contributed by atoms with Gasteiger partial charge in [-0.25, -0.2) is 9.07 Å². The number of ether oxygens (including phenoxy) is 1. The molecule has 3 fully saturated rings. The van der Waals surface area contributed by atoms with E-state index < -0.39 is 17.6 Å². The van der Waals surface area contributed by atoms with Crippen LogP contribution in [0.2, 0.25) is 0 Å². The average Bonchev–Trinajstić information content (AvgIpc) is 3.72. The number of carbonyl (C=O) groups is 2. The number of nitrogens with two attached hydrogens (primary N) is 2. The molecule has 1 unspecified atom stereocenters. The molecular formula is C34H45FN8O3. The van der Waals surface area contributed by atoms with Crippen LogP contribution in [0, 0.1) is 11.7 Å². The molecule has 0 aliphatic carbocycles. The fraction of sp³-hybridized carbons (Fsp3) is 0.500. The molecule has 2 aromatic carbocycles. The van der Waals surface area contributed by atoms with Gasteiger partial charge in [-0.2, -0.15) is 5.10 Å². The number of carbonyl (C=O) groups excluding carboxylic acids is 2. The lowest BCUT2D eigenvalue weighted by molar-refractivity contribution is 0.0732. The second kappa shape index (κ2) is 14.2. The van der Waals surface area contributed by atoms with Crippen LogP contribution in [0.1, 0.15) is 64.4 Å². The highest BCUT2D eigenvalue weighted by molar-refractivity contribution is 6.03. The SMILES string of the molecule is COc1ccc(F)cc1C(=O)NCc1ccc(-c2nn(C3CCN(C4CCN(CC5CCNC5)CC4)CC3)c(N)c2C(N)=O)cc1. The Labute approximate surface area is 269 Å². The predicted octanol–water partition coefficient (Wildman–Crippen LogP) is 3.02. The first-order chi connectivity index (χ1) is 22.3. The van der Waals surface area contributed by atoms with Crippen molar-refractivity contribution in [3.63, 3.8) is 0 Å². The van der Waals surface area contributed by atoms with Gasteiger partial charge in [-0.15, -0.1) is 0 Å². The van der Waals surface area contributed by atoms with Gasteiger partial charge in [-0.05, 0) is 88.0 Å². The number of benzene rings is 2. The van der Waals surface area contributed by atoms with Gasteiger partial charge in [-0.3, -0.25) is 9.59 Å². The molecule has 3 aromatic rings. The number of nitrogen functional groups attached to an aromatic ring is 1. The Hall–Kier alpha value is -4.00. The lowest BCUT2D eigenvalue weighted by Crippen LogP contribution is -2.48. The van der Waals surface area contributed by atoms with Crippen molar-refractivity contribution < 1.29 is 18.7 Å². The summed E-state index contributed by atoms with van der Waals surface area (Å²) in [5.74, 6) is -0.191. The maximum absolute atomic E-state index is 13.7. The molecule has 4 heterocycles. The summed E-state index contributed by atoms with van der Waals surface area (Å²) in [6.07, 6.45) is 5.54. The first kappa shape index (κ1) is 32.0. The number of methoxy groups -OCH3 is 1. The van der Waals surface area contributed by atoms with E-state index in [4.69, 9.17) is 21.3 Å². The van der Waals surface area contributed by atoms with Crippen molar-refractivity contribution in [1.82, 2.24) is 30.2 Å². The molecule has 2 amide bonds. The molecule has 1 atom stereocenters. The number of nitrogens with one attached hydrogen (secondary N) is 2. The summed E-state index contributed by atoms with van der Waals surface area (Å²) in [6, 6.07) is 11.9. The monoisotopic (exact) mass is 632 g/mol. The lowest BCUT2D eigenvalue weighted by atomic mass is 9.97. The van der Waals surface area contributed by atoms with E-state index >= 15 is 0 Å². The summed E-state index contributed by atoms with van der Waals surface area (Å²) in [5, 5.41) is 11.1. The van der Waals surface area contributed by atoms with Crippen LogP contribution in [0.3, 0.4) is 0 Å². The van der Waals surface area contributed by atoms with Crippen LogP contribution >= 0.6 is 0 Å². The molecule has 0 bridgehead atoms. The zero-order valence-electron chi connectivity index (χ0n) is 26.5. The van der Waals surface area contributed by atoms with Gasteiger partial charge in [0, 0.05) is 37.8 Å². The Morgan fingerprint density at radius 2 is 1.74 bits per heavy atom. The first-order valence-electron chi connectivity index (χ1n) is 16.4. The molecule has 3 saturated heterocycles. The number of primary amides is 1. The molecule has 0 spiro atoms. The van der Waals surface area contributed by atoms with E-state index in [1.807, 2.05) is 24.3 Å². The summed E-state index contributed by atoms with van der Waals surface area (Å²) >= 11 is 0. The highest BCUT2D eigenvalue weighted by atomic mass is 19.1. The number of hydrogen-bond donors (Lipinski definition) is 4. The molecule has 46 heavy (non-hydrogen) atoms. The molecule has 11 nitrogen and oxygen atoms in total. The molecule has 3 aliphatic heterocycles. The summed E-state index contributed by atoms with van der Waals surface area (Å²) in [4.78, 5) is 30.5. The van der Waals surface area contributed by atoms with Crippen molar-refractivity contribution in [3.05, 3.63) is 65.0 Å². The number of hydrogen-bond acceptors (Lipinski definition) is 8. The van der Waals surface area contributed by atoms with Crippen LogP contribution in [0.25, 0.3) is 11.3 Å². The maximum atomic E-state index is 13.7. The third-order valence-corrected chi connectivity index (χ3v) is 9.88. The lowest BCUT2D eigenvalue weighted by Gasteiger charge is -2.42. The van der Waals surface area contributed by atoms with Crippen molar-refractivity contribution >= 4 is 17.6 Å². The van der Waals surface area contributed by atoms with Gasteiger partial charge in [0.15, 0.2) is 0 Å². The fourth-order valence-electron chi connectivity index (χ4n) is 7.28. The van der Waals surface area contributed by atoms with Crippen molar-refractivity contribution in [2.75, 3.05) is 58.7 Å². The van der Waals surface area contributed by atoms with Crippen LogP contribution in [0.5, 0.6) is 5.75 Å². The maximum Gasteiger partial charge on any atom is 0.255 e. The normalized spacial score (nSPS) is 20.2. The number of rotatable bonds is 10. The van der Waals surface area contributed by atoms with Crippen molar-refractivity contribution in [1.29, 1.82) is 0 Å². The Morgan fingerprint density at radius 3 is 2.39 bits per heavy atom. The Balaban J connectivity index is 1.06. The number of amides is 2. The highest BCUT2D eigenvalue weighted by Crippen LogP contribution is 2.34. The number of anilines is 1. The van der Waals surface area contributed by atoms with Gasteiger partial charge in [0.25, 0.3) is 11.8 Å². The Kier molecular flexibility index (Phi) is 9.86. The topological polar surface area (TPSA) is 144 Å². The smallest absolute Gasteiger partial charge is 0.255 e. The molecule has 6 N–H and O–H groups in total. The number of piperidine rings is 2. The van der Waals surface area contributed by atoms with Crippen molar-refractivity contribution in [2.24, 2.45) is 11.7 Å². The molecule has 0 radical (unpaired) electrons. The van der Waals surface area contributed by atoms with Crippen LogP contribution in [-0.4, -0.2) is 90.4 Å². The summed E-state index contributed by atoms with van der Waals surface area (Å²) in [5.41, 5.74) is 14.7. The van der Waals surface area contributed by atoms with Crippen LogP contribution in [0.4, 0.5) is 10.2 Å². The van der Waals surface area contributed by atoms with Crippen molar-refractivity contribution in [2.45, 2.75) is 50.7 Å². The predicted molar refractivity (Wildman–Crippen MR) is 175 cm³/mol. The first-order valence-corrected chi connectivity index (χ1v) is 16.4. The van der Waals surface area contributed by atoms with E-state index in [1.54, 1.807) is 4.68 Å². The summed E-state index contributed by atoms with van der Waals surface area (Å²) < 4.78 is 20.7. The number of nitrogens with zero attached hydrogens (tertiary/aromatic N) is 4. The average molecular weight is 633 g/mol. The third-order valence-electron chi connectivity index (χ3n) is 9.88. The van der Waals surface area contributed by atoms with Gasteiger partial charge >= 0.3 is 0 Å². The van der Waals surface area contributed by atoms with E-state index in [0.29, 0.717) is 28.9 Å². The van der Waals surface area contributed by atoms with Crippen molar-refractivity contribution in [3.8, 4) is 17.0 Å². The number of halogens is 1. The van der Waals surface area contributed by atoms with E-state index in [-0.39, 0.29) is 23.7 Å².